The first kappa shape index (κ1) is 50.4. The van der Waals surface area contributed by atoms with E-state index in [0.29, 0.717) is 60.4 Å². The van der Waals surface area contributed by atoms with Crippen LogP contribution in [-0.2, 0) is 48.0 Å². The predicted molar refractivity (Wildman–Crippen MR) is 268 cm³/mol. The monoisotopic (exact) mass is 967 g/mol. The average Bonchev–Trinajstić information content (AvgIpc) is 3.89. The number of methoxy groups -OCH3 is 1. The van der Waals surface area contributed by atoms with Crippen molar-refractivity contribution in [2.24, 2.45) is 11.3 Å². The number of esters is 1. The van der Waals surface area contributed by atoms with Gasteiger partial charge in [-0.05, 0) is 87.8 Å². The molecule has 3 aliphatic rings. The lowest BCUT2D eigenvalue weighted by Gasteiger charge is -2.46. The number of hydrogen-bond donors (Lipinski definition) is 2. The van der Waals surface area contributed by atoms with Gasteiger partial charge in [0, 0.05) is 109 Å². The minimum absolute atomic E-state index is 0.0146. The summed E-state index contributed by atoms with van der Waals surface area (Å²) in [6, 6.07) is 7.95. The Morgan fingerprint density at radius 3 is 2.51 bits per heavy atom. The molecule has 18 heteroatoms. The van der Waals surface area contributed by atoms with Crippen LogP contribution in [0.1, 0.15) is 89.6 Å². The predicted octanol–water partition coefficient (Wildman–Crippen LogP) is 5.08. The summed E-state index contributed by atoms with van der Waals surface area (Å²) in [6.45, 7) is 16.8. The van der Waals surface area contributed by atoms with Gasteiger partial charge >= 0.3 is 12.0 Å². The molecule has 6 bridgehead atoms. The molecule has 4 aromatic rings. The number of aromatic nitrogens is 3. The fourth-order valence-electron chi connectivity index (χ4n) is 10.0. The minimum Gasteiger partial charge on any atom is -0.464 e. The Balaban J connectivity index is 1.25. The number of nitrogens with one attached hydrogen (secondary N) is 2. The molecule has 16 nitrogen and oxygen atoms in total. The van der Waals surface area contributed by atoms with E-state index in [4.69, 9.17) is 19.4 Å². The van der Waals surface area contributed by atoms with Gasteiger partial charge in [0.05, 0.1) is 34.8 Å². The molecule has 2 N–H and O–H groups in total. The molecule has 4 atom stereocenters. The van der Waals surface area contributed by atoms with Gasteiger partial charge < -0.3 is 34.1 Å². The van der Waals surface area contributed by atoms with E-state index in [2.05, 4.69) is 66.9 Å². The number of carbonyl (C=O) groups excluding carboxylic acids is 5. The molecular weight excluding hydrogens is 899 g/mol. The highest BCUT2D eigenvalue weighted by Gasteiger charge is 2.44. The summed E-state index contributed by atoms with van der Waals surface area (Å²) in [5, 5.41) is 7.10. The first-order valence-electron chi connectivity index (χ1n) is 23.8. The first-order valence-corrected chi connectivity index (χ1v) is 25.6. The zero-order valence-corrected chi connectivity index (χ0v) is 44.4. The summed E-state index contributed by atoms with van der Waals surface area (Å²) in [6.07, 6.45) is 5.73. The number of aryl methyl sites for hydroxylation is 1. The molecule has 68 heavy (non-hydrogen) atoms. The summed E-state index contributed by atoms with van der Waals surface area (Å²) >= 11 is 1.41. The van der Waals surface area contributed by atoms with Crippen molar-refractivity contribution in [3.8, 4) is 22.5 Å². The number of cyclic esters (lactones) is 1. The van der Waals surface area contributed by atoms with E-state index in [1.165, 1.54) is 27.3 Å². The second kappa shape index (κ2) is 20.3. The summed E-state index contributed by atoms with van der Waals surface area (Å²) in [7, 11) is 7.08. The molecule has 1 aliphatic carbocycles. The summed E-state index contributed by atoms with van der Waals surface area (Å²) in [4.78, 5) is 84.5. The van der Waals surface area contributed by atoms with Crippen molar-refractivity contribution in [1.29, 1.82) is 0 Å². The number of nitrogens with zero attached hydrogens (tertiary/aromatic N) is 7. The Bertz CT molecular complexity index is 2570. The van der Waals surface area contributed by atoms with Crippen LogP contribution >= 0.6 is 11.3 Å². The Kier molecular flexibility index (Phi) is 15.0. The molecule has 0 radical (unpaired) electrons. The van der Waals surface area contributed by atoms with Crippen LogP contribution in [0.2, 0.25) is 0 Å². The van der Waals surface area contributed by atoms with Gasteiger partial charge in [0.2, 0.25) is 11.8 Å². The minimum atomic E-state index is -1.09. The number of hydrogen-bond acceptors (Lipinski definition) is 11. The number of urea groups is 1. The van der Waals surface area contributed by atoms with Crippen LogP contribution in [0.5, 0.6) is 0 Å². The van der Waals surface area contributed by atoms with Crippen LogP contribution in [0.15, 0.2) is 54.6 Å². The Hall–Kier alpha value is -5.43. The SMILES string of the molecule is C=CC(=O)N(C)C1CC(N(C)C(=O)N(C)[C@H](C(=O)N[C@H]2Cc3nc(cs3)-c3ccc4c(c3)c(c(-c3cccnc3[C@H](C)OC)n4CC)CC(C)(C)COC(=O)[C@@]3([SiH3])CCCN(N3)C2=O)C(C)C)C1. The maximum atomic E-state index is 14.8. The van der Waals surface area contributed by atoms with Crippen molar-refractivity contribution in [3.05, 3.63) is 70.8 Å². The van der Waals surface area contributed by atoms with E-state index in [9.17, 15) is 24.0 Å². The highest BCUT2D eigenvalue weighted by Crippen LogP contribution is 2.42. The van der Waals surface area contributed by atoms with Gasteiger partial charge in [0.15, 0.2) is 0 Å². The molecule has 1 aromatic carbocycles. The molecule has 0 spiro atoms. The standard InChI is InChI=1S/C50H69N9O7SSi/c1-12-41(60)55(8)32-23-33(24-32)56(9)48(64)57(10)43(29(3)4)45(61)53-37-25-40-52-38(27-67-40)31-17-18-39-35(22-31)36(44(58(39)13-2)34-16-14-20-51-42(34)30(5)65-11)26-49(6,7)28-66-47(63)50(68)19-15-21-59(54-50)46(37)62/h12,14,16-18,20,22,27,29-30,32-33,37,43,54H,1,13,15,19,21,23-26,28H2,2-11,68H3,(H,53,61)/t30-,32?,33?,37-,43-,50-/m0/s1. The zero-order valence-electron chi connectivity index (χ0n) is 41.6. The molecule has 5 amide bonds. The average molecular weight is 968 g/mol. The van der Waals surface area contributed by atoms with Crippen molar-refractivity contribution >= 4 is 62.2 Å². The number of likely N-dealkylation sites (N-methyl/N-ethyl adjacent to an activating group) is 2. The number of ether oxygens (including phenoxy) is 2. The summed E-state index contributed by atoms with van der Waals surface area (Å²) in [5.41, 5.74) is 9.42. The quantitative estimate of drug-likeness (QED) is 0.117. The van der Waals surface area contributed by atoms with Crippen molar-refractivity contribution in [2.75, 3.05) is 41.4 Å². The number of benzene rings is 1. The van der Waals surface area contributed by atoms with Crippen molar-refractivity contribution in [3.63, 3.8) is 0 Å². The third-order valence-electron chi connectivity index (χ3n) is 14.2. The van der Waals surface area contributed by atoms with Gasteiger partial charge in [-0.15, -0.1) is 11.3 Å². The molecule has 5 heterocycles. The third-order valence-corrected chi connectivity index (χ3v) is 16.2. The van der Waals surface area contributed by atoms with Crippen LogP contribution in [0.4, 0.5) is 4.79 Å². The number of amides is 5. The third kappa shape index (κ3) is 10.0. The number of carbonyl (C=O) groups is 5. The van der Waals surface area contributed by atoms with E-state index in [-0.39, 0.29) is 49.1 Å². The van der Waals surface area contributed by atoms with Gasteiger partial charge in [-0.3, -0.25) is 29.2 Å². The molecule has 1 saturated carbocycles. The van der Waals surface area contributed by atoms with Crippen LogP contribution in [0.25, 0.3) is 33.4 Å². The fraction of sp³-hybridized carbons (Fsp3) is 0.540. The van der Waals surface area contributed by atoms with Gasteiger partial charge in [-0.1, -0.05) is 40.3 Å². The largest absolute Gasteiger partial charge is 0.464 e. The van der Waals surface area contributed by atoms with E-state index in [1.54, 1.807) is 44.2 Å². The number of fused-ring (bicyclic) bond motifs is 6. The van der Waals surface area contributed by atoms with E-state index >= 15 is 0 Å². The molecule has 0 unspecified atom stereocenters. The molecule has 366 valence electrons. The summed E-state index contributed by atoms with van der Waals surface area (Å²) in [5.74, 6) is -1.79. The lowest BCUT2D eigenvalue weighted by atomic mass is 9.84. The highest BCUT2D eigenvalue weighted by molar-refractivity contribution is 7.10. The van der Waals surface area contributed by atoms with E-state index in [1.807, 2.05) is 32.2 Å². The number of hydrazine groups is 1. The smallest absolute Gasteiger partial charge is 0.323 e. The molecule has 1 saturated heterocycles. The Morgan fingerprint density at radius 2 is 1.84 bits per heavy atom. The number of pyridine rings is 1. The maximum Gasteiger partial charge on any atom is 0.323 e. The maximum absolute atomic E-state index is 14.8. The second-order valence-electron chi connectivity index (χ2n) is 20.1. The molecular formula is C50H69N9O7SSi. The summed E-state index contributed by atoms with van der Waals surface area (Å²) < 4.78 is 14.4. The van der Waals surface area contributed by atoms with Gasteiger partial charge in [-0.2, -0.15) is 0 Å². The normalized spacial score (nSPS) is 22.7. The van der Waals surface area contributed by atoms with Crippen molar-refractivity contribution in [2.45, 2.75) is 122 Å². The number of rotatable bonds is 11. The van der Waals surface area contributed by atoms with E-state index < -0.39 is 40.4 Å². The van der Waals surface area contributed by atoms with Crippen LogP contribution in [0, 0.1) is 11.3 Å². The second-order valence-corrected chi connectivity index (χ2v) is 22.7. The van der Waals surface area contributed by atoms with Gasteiger partial charge in [-0.25, -0.2) is 15.2 Å². The van der Waals surface area contributed by atoms with Crippen LogP contribution in [0.3, 0.4) is 0 Å². The van der Waals surface area contributed by atoms with Crippen LogP contribution in [-0.4, -0.2) is 145 Å². The van der Waals surface area contributed by atoms with Gasteiger partial charge in [0.25, 0.3) is 5.91 Å². The number of thiazole rings is 1. The molecule has 3 aromatic heterocycles. The van der Waals surface area contributed by atoms with Crippen LogP contribution < -0.4 is 10.7 Å². The van der Waals surface area contributed by atoms with Crippen molar-refractivity contribution < 1.29 is 33.4 Å². The fourth-order valence-corrected chi connectivity index (χ4v) is 11.7. The molecule has 2 aliphatic heterocycles. The first-order chi connectivity index (χ1) is 32.2. The molecule has 2 fully saturated rings. The Morgan fingerprint density at radius 1 is 1.12 bits per heavy atom. The topological polar surface area (TPSA) is 172 Å². The van der Waals surface area contributed by atoms with Gasteiger partial charge in [0.1, 0.15) is 17.2 Å². The lowest BCUT2D eigenvalue weighted by Crippen LogP contribution is -2.68. The lowest BCUT2D eigenvalue weighted by molar-refractivity contribution is -0.158. The molecule has 7 rings (SSSR count). The van der Waals surface area contributed by atoms with E-state index in [0.717, 1.165) is 44.7 Å². The highest BCUT2D eigenvalue weighted by atomic mass is 32.1. The van der Waals surface area contributed by atoms with Crippen molar-refractivity contribution in [1.82, 2.24) is 45.0 Å². The Labute approximate surface area is 407 Å². The zero-order chi connectivity index (χ0) is 49.4.